The molecule has 0 bridgehead atoms. The van der Waals surface area contributed by atoms with Crippen molar-refractivity contribution >= 4 is 17.7 Å². The number of likely N-dealkylation sites (N-methyl/N-ethyl adjacent to an activating group) is 1. The Morgan fingerprint density at radius 3 is 2.54 bits per heavy atom. The van der Waals surface area contributed by atoms with E-state index in [0.29, 0.717) is 19.0 Å². The van der Waals surface area contributed by atoms with Crippen molar-refractivity contribution < 1.29 is 14.7 Å². The maximum atomic E-state index is 12.2. The highest BCUT2D eigenvalue weighted by Gasteiger charge is 2.34. The van der Waals surface area contributed by atoms with E-state index < -0.39 is 5.97 Å². The highest BCUT2D eigenvalue weighted by atomic mass is 16.4. The molecule has 28 heavy (non-hydrogen) atoms. The highest BCUT2D eigenvalue weighted by Crippen LogP contribution is 2.25. The molecule has 2 amide bonds. The number of aromatic nitrogens is 1. The summed E-state index contributed by atoms with van der Waals surface area (Å²) < 4.78 is 0. The van der Waals surface area contributed by atoms with Crippen molar-refractivity contribution in [3.05, 3.63) is 24.5 Å². The molecule has 1 aliphatic carbocycles. The molecule has 1 aromatic heterocycles. The zero-order valence-electron chi connectivity index (χ0n) is 16.5. The van der Waals surface area contributed by atoms with E-state index in [0.717, 1.165) is 38.8 Å². The smallest absolute Gasteiger partial charge is 0.317 e. The van der Waals surface area contributed by atoms with Crippen LogP contribution in [0.5, 0.6) is 0 Å². The summed E-state index contributed by atoms with van der Waals surface area (Å²) in [6.45, 7) is 5.45. The van der Waals surface area contributed by atoms with E-state index in [9.17, 15) is 9.59 Å². The van der Waals surface area contributed by atoms with Gasteiger partial charge < -0.3 is 20.6 Å². The van der Waals surface area contributed by atoms with Crippen LogP contribution < -0.4 is 15.5 Å². The number of hydrogen-bond donors (Lipinski definition) is 3. The molecule has 8 heteroatoms. The number of nitrogens with zero attached hydrogens (tertiary/aromatic N) is 3. The molecule has 8 nitrogen and oxygen atoms in total. The predicted molar refractivity (Wildman–Crippen MR) is 107 cm³/mol. The summed E-state index contributed by atoms with van der Waals surface area (Å²) in [5.41, 5.74) is 1.21. The van der Waals surface area contributed by atoms with Crippen molar-refractivity contribution in [2.45, 2.75) is 44.7 Å². The van der Waals surface area contributed by atoms with Crippen LogP contribution in [0.15, 0.2) is 24.5 Å². The van der Waals surface area contributed by atoms with E-state index in [-0.39, 0.29) is 24.7 Å². The molecule has 0 unspecified atom stereocenters. The Kier molecular flexibility index (Phi) is 7.08. The minimum Gasteiger partial charge on any atom is -0.480 e. The molecule has 2 fully saturated rings. The second kappa shape index (κ2) is 9.73. The monoisotopic (exact) mass is 389 g/mol. The summed E-state index contributed by atoms with van der Waals surface area (Å²) in [5.74, 6) is -0.296. The Labute approximate surface area is 166 Å². The summed E-state index contributed by atoms with van der Waals surface area (Å²) in [5, 5.41) is 15.0. The fourth-order valence-electron chi connectivity index (χ4n) is 4.10. The van der Waals surface area contributed by atoms with E-state index in [2.05, 4.69) is 20.5 Å². The third-order valence-electron chi connectivity index (χ3n) is 5.90. The van der Waals surface area contributed by atoms with Gasteiger partial charge in [0.25, 0.3) is 0 Å². The second-order valence-corrected chi connectivity index (χ2v) is 7.77. The lowest BCUT2D eigenvalue weighted by atomic mass is 9.85. The number of piperidine rings is 1. The first-order valence-electron chi connectivity index (χ1n) is 10.2. The van der Waals surface area contributed by atoms with Crippen molar-refractivity contribution in [3.63, 3.8) is 0 Å². The fraction of sp³-hybridized carbons (Fsp3) is 0.650. The molecule has 3 rings (SSSR count). The third kappa shape index (κ3) is 5.58. The van der Waals surface area contributed by atoms with E-state index in [4.69, 9.17) is 5.11 Å². The lowest BCUT2D eigenvalue weighted by molar-refractivity contribution is -0.139. The molecule has 1 aliphatic heterocycles. The Balaban J connectivity index is 1.30. The van der Waals surface area contributed by atoms with Crippen molar-refractivity contribution in [2.24, 2.45) is 5.92 Å². The average Bonchev–Trinajstić information content (AvgIpc) is 2.68. The number of aliphatic carboxylic acids is 1. The van der Waals surface area contributed by atoms with Gasteiger partial charge in [-0.05, 0) is 50.3 Å². The Hall–Kier alpha value is -2.35. The molecule has 3 N–H and O–H groups in total. The molecule has 1 saturated heterocycles. The van der Waals surface area contributed by atoms with Crippen molar-refractivity contribution in [2.75, 3.05) is 37.6 Å². The molecular formula is C20H31N5O3. The summed E-state index contributed by atoms with van der Waals surface area (Å²) >= 11 is 0. The number of carbonyl (C=O) groups is 2. The van der Waals surface area contributed by atoms with Gasteiger partial charge >= 0.3 is 12.0 Å². The fourth-order valence-corrected chi connectivity index (χ4v) is 4.10. The largest absolute Gasteiger partial charge is 0.480 e. The van der Waals surface area contributed by atoms with Gasteiger partial charge in [-0.3, -0.25) is 14.7 Å². The first kappa shape index (κ1) is 20.4. The van der Waals surface area contributed by atoms with Crippen LogP contribution in [0.2, 0.25) is 0 Å². The van der Waals surface area contributed by atoms with E-state index >= 15 is 0 Å². The van der Waals surface area contributed by atoms with Gasteiger partial charge in [0, 0.05) is 49.8 Å². The third-order valence-corrected chi connectivity index (χ3v) is 5.90. The van der Waals surface area contributed by atoms with E-state index in [1.807, 2.05) is 36.4 Å². The molecular weight excluding hydrogens is 358 g/mol. The van der Waals surface area contributed by atoms with Gasteiger partial charge in [0.1, 0.15) is 0 Å². The van der Waals surface area contributed by atoms with Crippen LogP contribution in [0, 0.1) is 5.92 Å². The normalized spacial score (nSPS) is 22.6. The first-order valence-corrected chi connectivity index (χ1v) is 10.2. The lowest BCUT2D eigenvalue weighted by Crippen LogP contribution is -2.56. The molecule has 2 heterocycles. The SMILES string of the molecule is CCN(CC(=O)O)C1CC(NC(=O)NCC2CCN(c3ccncc3)CC2)C1. The van der Waals surface area contributed by atoms with Crippen molar-refractivity contribution in [3.8, 4) is 0 Å². The number of carbonyl (C=O) groups excluding carboxylic acids is 1. The van der Waals surface area contributed by atoms with Crippen LogP contribution in [0.1, 0.15) is 32.6 Å². The van der Waals surface area contributed by atoms with Gasteiger partial charge in [0.15, 0.2) is 0 Å². The molecule has 0 atom stereocenters. The predicted octanol–water partition coefficient (Wildman–Crippen LogP) is 1.53. The van der Waals surface area contributed by atoms with Gasteiger partial charge in [0.2, 0.25) is 0 Å². The maximum Gasteiger partial charge on any atom is 0.317 e. The zero-order chi connectivity index (χ0) is 19.9. The van der Waals surface area contributed by atoms with Gasteiger partial charge in [-0.2, -0.15) is 0 Å². The summed E-state index contributed by atoms with van der Waals surface area (Å²) in [4.78, 5) is 31.4. The molecule has 1 aromatic rings. The van der Waals surface area contributed by atoms with Crippen LogP contribution in [-0.2, 0) is 4.79 Å². The molecule has 2 aliphatic rings. The van der Waals surface area contributed by atoms with Crippen LogP contribution >= 0.6 is 0 Å². The number of nitrogens with one attached hydrogen (secondary N) is 2. The number of pyridine rings is 1. The summed E-state index contributed by atoms with van der Waals surface area (Å²) in [6, 6.07) is 4.36. The maximum absolute atomic E-state index is 12.2. The van der Waals surface area contributed by atoms with Crippen LogP contribution in [0.3, 0.4) is 0 Å². The lowest BCUT2D eigenvalue weighted by Gasteiger charge is -2.42. The van der Waals surface area contributed by atoms with E-state index in [1.54, 1.807) is 0 Å². The van der Waals surface area contributed by atoms with Crippen LogP contribution in [-0.4, -0.2) is 71.8 Å². The quantitative estimate of drug-likeness (QED) is 0.624. The topological polar surface area (TPSA) is 97.8 Å². The Morgan fingerprint density at radius 1 is 1.25 bits per heavy atom. The minimum atomic E-state index is -0.800. The van der Waals surface area contributed by atoms with Gasteiger partial charge in [-0.25, -0.2) is 4.79 Å². The van der Waals surface area contributed by atoms with Gasteiger partial charge in [-0.15, -0.1) is 0 Å². The molecule has 154 valence electrons. The molecule has 0 aromatic carbocycles. The number of carboxylic acid groups (broad SMARTS) is 1. The first-order chi connectivity index (χ1) is 13.5. The minimum absolute atomic E-state index is 0.0677. The number of amides is 2. The van der Waals surface area contributed by atoms with Crippen LogP contribution in [0.4, 0.5) is 10.5 Å². The van der Waals surface area contributed by atoms with Crippen LogP contribution in [0.25, 0.3) is 0 Å². The number of hydrogen-bond acceptors (Lipinski definition) is 5. The van der Waals surface area contributed by atoms with Gasteiger partial charge in [0.05, 0.1) is 6.54 Å². The summed E-state index contributed by atoms with van der Waals surface area (Å²) in [7, 11) is 0. The average molecular weight is 390 g/mol. The molecule has 1 saturated carbocycles. The zero-order valence-corrected chi connectivity index (χ0v) is 16.5. The van der Waals surface area contributed by atoms with Crippen molar-refractivity contribution in [1.82, 2.24) is 20.5 Å². The number of anilines is 1. The highest BCUT2D eigenvalue weighted by molar-refractivity contribution is 5.74. The molecule has 0 spiro atoms. The van der Waals surface area contributed by atoms with E-state index in [1.165, 1.54) is 5.69 Å². The number of rotatable bonds is 8. The number of carboxylic acids is 1. The molecule has 0 radical (unpaired) electrons. The second-order valence-electron chi connectivity index (χ2n) is 7.77. The standard InChI is InChI=1S/C20H31N5O3/c1-2-24(14-19(26)27)18-11-16(12-18)23-20(28)22-13-15-5-9-25(10-6-15)17-3-7-21-8-4-17/h3-4,7-8,15-16,18H,2,5-6,9-14H2,1H3,(H,26,27)(H2,22,23,28). The number of urea groups is 1. The van der Waals surface area contributed by atoms with Gasteiger partial charge in [-0.1, -0.05) is 6.92 Å². The Morgan fingerprint density at radius 2 is 1.93 bits per heavy atom. The van der Waals surface area contributed by atoms with Crippen molar-refractivity contribution in [1.29, 1.82) is 0 Å². The summed E-state index contributed by atoms with van der Waals surface area (Å²) in [6.07, 6.45) is 7.40. The Bertz CT molecular complexity index is 643.